The number of ether oxygens (including phenoxy) is 3. The van der Waals surface area contributed by atoms with E-state index in [9.17, 15) is 4.79 Å². The van der Waals surface area contributed by atoms with Gasteiger partial charge in [0.1, 0.15) is 35.9 Å². The van der Waals surface area contributed by atoms with Crippen LogP contribution in [0.4, 0.5) is 0 Å². The maximum atomic E-state index is 11.0. The highest BCUT2D eigenvalue weighted by atomic mass is 32.1. The van der Waals surface area contributed by atoms with Gasteiger partial charge < -0.3 is 19.1 Å². The molecule has 0 bridgehead atoms. The Morgan fingerprint density at radius 3 is 1.94 bits per heavy atom. The highest BCUT2D eigenvalue weighted by Crippen LogP contribution is 2.33. The highest BCUT2D eigenvalue weighted by molar-refractivity contribution is 7.90. The van der Waals surface area contributed by atoms with Crippen LogP contribution in [0.1, 0.15) is 35.3 Å². The van der Waals surface area contributed by atoms with Gasteiger partial charge >= 0.3 is 0 Å². The first-order valence-corrected chi connectivity index (χ1v) is 11.8. The second kappa shape index (κ2) is 12.9. The van der Waals surface area contributed by atoms with Crippen LogP contribution < -0.4 is 14.2 Å². The van der Waals surface area contributed by atoms with Gasteiger partial charge in [-0.05, 0) is 67.2 Å². The summed E-state index contributed by atoms with van der Waals surface area (Å²) in [6, 6.07) is 22.4. The van der Waals surface area contributed by atoms with Crippen molar-refractivity contribution < 1.29 is 19.0 Å². The number of benzene rings is 3. The second-order valence-electron chi connectivity index (χ2n) is 7.59. The molecule has 0 heterocycles. The number of carbonyl (C=O) groups excluding carboxylic acids is 1. The van der Waals surface area contributed by atoms with Crippen molar-refractivity contribution in [1.82, 2.24) is 4.90 Å². The lowest BCUT2D eigenvalue weighted by Gasteiger charge is -2.18. The maximum Gasteiger partial charge on any atom is 0.150 e. The molecule has 0 saturated carbocycles. The lowest BCUT2D eigenvalue weighted by molar-refractivity contribution is 0.112. The van der Waals surface area contributed by atoms with Gasteiger partial charge in [-0.1, -0.05) is 38.1 Å². The van der Waals surface area contributed by atoms with Gasteiger partial charge in [-0.2, -0.15) is 0 Å². The van der Waals surface area contributed by atoms with Crippen LogP contribution in [0.5, 0.6) is 17.2 Å². The molecule has 3 aromatic carbocycles. The molecule has 3 aromatic rings. The van der Waals surface area contributed by atoms with Gasteiger partial charge in [0.05, 0.1) is 12.0 Å². The van der Waals surface area contributed by atoms with E-state index in [1.807, 2.05) is 60.7 Å². The van der Waals surface area contributed by atoms with Gasteiger partial charge in [-0.25, -0.2) is 0 Å². The third-order valence-corrected chi connectivity index (χ3v) is 5.96. The minimum atomic E-state index is 0.597. The van der Waals surface area contributed by atoms with Crippen molar-refractivity contribution in [2.24, 2.45) is 0 Å². The number of hydrogen-bond donors (Lipinski definition) is 1. The van der Waals surface area contributed by atoms with Crippen LogP contribution in [0.3, 0.4) is 0 Å². The van der Waals surface area contributed by atoms with Crippen LogP contribution in [0, 0.1) is 0 Å². The van der Waals surface area contributed by atoms with Crippen LogP contribution in [0.25, 0.3) is 10.7 Å². The fourth-order valence-corrected chi connectivity index (χ4v) is 3.72. The molecule has 0 aliphatic carbocycles. The fraction of sp³-hybridized carbons (Fsp3) is 0.250. The van der Waals surface area contributed by atoms with Crippen molar-refractivity contribution in [3.63, 3.8) is 0 Å². The average molecular weight is 478 g/mol. The molecule has 0 aliphatic heterocycles. The van der Waals surface area contributed by atoms with Crippen LogP contribution in [0.2, 0.25) is 0 Å². The van der Waals surface area contributed by atoms with E-state index in [0.717, 1.165) is 48.5 Å². The zero-order chi connectivity index (χ0) is 24.3. The molecule has 34 heavy (non-hydrogen) atoms. The normalized spacial score (nSPS) is 11.7. The number of aldehydes is 1. The monoisotopic (exact) mass is 477 g/mol. The number of hydrogen-bond acceptors (Lipinski definition) is 6. The summed E-state index contributed by atoms with van der Waals surface area (Å²) in [5.41, 5.74) is 2.30. The van der Waals surface area contributed by atoms with Gasteiger partial charge in [-0.15, -0.1) is 12.6 Å². The number of thiol groups is 1. The van der Waals surface area contributed by atoms with Crippen LogP contribution in [-0.2, 0) is 0 Å². The highest BCUT2D eigenvalue weighted by Gasteiger charge is 2.13. The Labute approximate surface area is 207 Å². The van der Waals surface area contributed by atoms with Crippen molar-refractivity contribution >= 4 is 29.6 Å². The molecule has 0 unspecified atom stereocenters. The van der Waals surface area contributed by atoms with Crippen molar-refractivity contribution in [3.05, 3.63) is 89.5 Å². The lowest BCUT2D eigenvalue weighted by Crippen LogP contribution is -2.27. The number of likely N-dealkylation sites (N-methyl/N-ethyl adjacent to an activating group) is 1. The molecule has 0 N–H and O–H groups in total. The molecule has 0 atom stereocenters. The predicted octanol–water partition coefficient (Wildman–Crippen LogP) is 6.06. The SMILES string of the molecule is CCN(CC)CCOc1ccc(O/C(=C(/S)c2ccc(C=O)cc2)c2ccc(OC)cc2)cc1. The van der Waals surface area contributed by atoms with Crippen LogP contribution >= 0.6 is 12.6 Å². The van der Waals surface area contributed by atoms with E-state index in [0.29, 0.717) is 28.6 Å². The quantitative estimate of drug-likeness (QED) is 0.149. The Kier molecular flexibility index (Phi) is 9.62. The summed E-state index contributed by atoms with van der Waals surface area (Å²) in [6.45, 7) is 7.85. The van der Waals surface area contributed by atoms with E-state index in [-0.39, 0.29) is 0 Å². The molecule has 0 fully saturated rings. The largest absolute Gasteiger partial charge is 0.497 e. The molecule has 0 saturated heterocycles. The van der Waals surface area contributed by atoms with Crippen LogP contribution in [0.15, 0.2) is 72.8 Å². The van der Waals surface area contributed by atoms with E-state index in [2.05, 4.69) is 18.7 Å². The van der Waals surface area contributed by atoms with E-state index < -0.39 is 0 Å². The molecule has 0 aliphatic rings. The summed E-state index contributed by atoms with van der Waals surface area (Å²) in [5.74, 6) is 2.81. The molecule has 0 radical (unpaired) electrons. The molecule has 0 aromatic heterocycles. The van der Waals surface area contributed by atoms with Gasteiger partial charge in [0, 0.05) is 17.7 Å². The Hall–Kier alpha value is -3.22. The summed E-state index contributed by atoms with van der Waals surface area (Å²) in [6.07, 6.45) is 0.818. The number of methoxy groups -OCH3 is 1. The Bertz CT molecular complexity index is 1070. The first kappa shape index (κ1) is 25.4. The second-order valence-corrected chi connectivity index (χ2v) is 8.04. The van der Waals surface area contributed by atoms with Crippen molar-refractivity contribution in [3.8, 4) is 17.2 Å². The number of carbonyl (C=O) groups is 1. The molecular weight excluding hydrogens is 446 g/mol. The van der Waals surface area contributed by atoms with E-state index in [4.69, 9.17) is 26.8 Å². The van der Waals surface area contributed by atoms with Gasteiger partial charge in [0.2, 0.25) is 0 Å². The Balaban J connectivity index is 1.83. The number of nitrogens with zero attached hydrogens (tertiary/aromatic N) is 1. The molecule has 3 rings (SSSR count). The topological polar surface area (TPSA) is 48.0 Å². The van der Waals surface area contributed by atoms with Crippen LogP contribution in [-0.4, -0.2) is 44.5 Å². The van der Waals surface area contributed by atoms with E-state index in [1.54, 1.807) is 19.2 Å². The molecule has 5 nitrogen and oxygen atoms in total. The van der Waals surface area contributed by atoms with Crippen molar-refractivity contribution in [1.29, 1.82) is 0 Å². The van der Waals surface area contributed by atoms with Crippen molar-refractivity contribution in [2.75, 3.05) is 33.4 Å². The smallest absolute Gasteiger partial charge is 0.150 e. The van der Waals surface area contributed by atoms with Crippen molar-refractivity contribution in [2.45, 2.75) is 13.8 Å². The van der Waals surface area contributed by atoms with E-state index >= 15 is 0 Å². The summed E-state index contributed by atoms with van der Waals surface area (Å²) >= 11 is 4.78. The predicted molar refractivity (Wildman–Crippen MR) is 141 cm³/mol. The standard InChI is InChI=1S/C28H31NO4S/c1-4-29(5-2)18-19-32-25-14-16-26(17-15-25)33-27(22-10-12-24(31-3)13-11-22)28(34)23-8-6-21(20-30)7-9-23/h6-17,20,34H,4-5,18-19H2,1-3H3/b28-27+. The minimum absolute atomic E-state index is 0.597. The first-order valence-electron chi connectivity index (χ1n) is 11.3. The molecule has 0 amide bonds. The Morgan fingerprint density at radius 2 is 1.38 bits per heavy atom. The van der Waals surface area contributed by atoms with E-state index in [1.165, 1.54) is 0 Å². The molecule has 0 spiro atoms. The minimum Gasteiger partial charge on any atom is -0.497 e. The summed E-state index contributed by atoms with van der Waals surface area (Å²) in [7, 11) is 1.63. The molecular formula is C28H31NO4S. The zero-order valence-corrected chi connectivity index (χ0v) is 20.8. The average Bonchev–Trinajstić information content (AvgIpc) is 2.90. The molecule has 178 valence electrons. The summed E-state index contributed by atoms with van der Waals surface area (Å²) < 4.78 is 17.5. The first-order chi connectivity index (χ1) is 16.6. The maximum absolute atomic E-state index is 11.0. The fourth-order valence-electron chi connectivity index (χ4n) is 3.39. The number of rotatable bonds is 12. The van der Waals surface area contributed by atoms with Gasteiger partial charge in [0.15, 0.2) is 0 Å². The summed E-state index contributed by atoms with van der Waals surface area (Å²) in [4.78, 5) is 14.0. The third kappa shape index (κ3) is 6.89. The summed E-state index contributed by atoms with van der Waals surface area (Å²) in [5, 5.41) is 0. The van der Waals surface area contributed by atoms with Gasteiger partial charge in [-0.3, -0.25) is 4.79 Å². The zero-order valence-electron chi connectivity index (χ0n) is 19.9. The third-order valence-electron chi connectivity index (χ3n) is 5.50. The molecule has 6 heteroatoms. The Morgan fingerprint density at radius 1 is 0.824 bits per heavy atom. The lowest BCUT2D eigenvalue weighted by atomic mass is 10.1. The van der Waals surface area contributed by atoms with Gasteiger partial charge in [0.25, 0.3) is 0 Å².